The van der Waals surface area contributed by atoms with Crippen LogP contribution in [0, 0.1) is 5.92 Å². The van der Waals surface area contributed by atoms with Crippen molar-refractivity contribution in [1.29, 1.82) is 0 Å². The molecule has 1 aromatic carbocycles. The third-order valence-electron chi connectivity index (χ3n) is 3.57. The number of rotatable bonds is 7. The number of aromatic nitrogens is 1. The standard InChI is InChI=1S/C19H24N4O2/c1-4-20-19(25)17-11-16(9-10-21-17)22-12-14-5-7-15(8-6-14)23-18(24)13(2)3/h5-11,13H,4,12H2,1-3H3,(H,20,25)(H,21,22)(H,23,24). The van der Waals surface area contributed by atoms with Gasteiger partial charge in [0.25, 0.3) is 5.91 Å². The minimum absolute atomic E-state index is 0.000505. The highest BCUT2D eigenvalue weighted by atomic mass is 16.2. The van der Waals surface area contributed by atoms with Gasteiger partial charge in [-0.1, -0.05) is 26.0 Å². The lowest BCUT2D eigenvalue weighted by molar-refractivity contribution is -0.118. The summed E-state index contributed by atoms with van der Waals surface area (Å²) >= 11 is 0. The molecule has 0 aliphatic carbocycles. The van der Waals surface area contributed by atoms with Crippen LogP contribution in [0.2, 0.25) is 0 Å². The van der Waals surface area contributed by atoms with Crippen molar-refractivity contribution in [3.05, 3.63) is 53.9 Å². The van der Waals surface area contributed by atoms with Gasteiger partial charge in [0, 0.05) is 36.6 Å². The Kier molecular flexibility index (Phi) is 6.51. The molecule has 0 bridgehead atoms. The van der Waals surface area contributed by atoms with Gasteiger partial charge in [0.2, 0.25) is 5.91 Å². The van der Waals surface area contributed by atoms with Crippen LogP contribution in [-0.2, 0) is 11.3 Å². The van der Waals surface area contributed by atoms with Gasteiger partial charge in [-0.3, -0.25) is 14.6 Å². The van der Waals surface area contributed by atoms with Crippen molar-refractivity contribution in [2.75, 3.05) is 17.2 Å². The van der Waals surface area contributed by atoms with Gasteiger partial charge >= 0.3 is 0 Å². The number of carbonyl (C=O) groups excluding carboxylic acids is 2. The summed E-state index contributed by atoms with van der Waals surface area (Å²) in [6.07, 6.45) is 1.61. The summed E-state index contributed by atoms with van der Waals surface area (Å²) in [4.78, 5) is 27.6. The van der Waals surface area contributed by atoms with Crippen LogP contribution >= 0.6 is 0 Å². The molecular weight excluding hydrogens is 316 g/mol. The molecule has 6 heteroatoms. The van der Waals surface area contributed by atoms with Crippen LogP contribution in [0.5, 0.6) is 0 Å². The maximum atomic E-state index is 11.8. The summed E-state index contributed by atoms with van der Waals surface area (Å²) in [5.74, 6) is -0.232. The van der Waals surface area contributed by atoms with E-state index in [0.29, 0.717) is 18.8 Å². The second-order valence-electron chi connectivity index (χ2n) is 5.98. The molecule has 132 valence electrons. The van der Waals surface area contributed by atoms with E-state index in [2.05, 4.69) is 20.9 Å². The molecular formula is C19H24N4O2. The molecule has 0 saturated heterocycles. The third-order valence-corrected chi connectivity index (χ3v) is 3.57. The second-order valence-corrected chi connectivity index (χ2v) is 5.98. The molecule has 0 aliphatic rings. The van der Waals surface area contributed by atoms with Crippen molar-refractivity contribution < 1.29 is 9.59 Å². The van der Waals surface area contributed by atoms with Gasteiger partial charge in [-0.05, 0) is 36.8 Å². The van der Waals surface area contributed by atoms with E-state index >= 15 is 0 Å². The van der Waals surface area contributed by atoms with Crippen molar-refractivity contribution in [1.82, 2.24) is 10.3 Å². The highest BCUT2D eigenvalue weighted by molar-refractivity contribution is 5.93. The number of hydrogen-bond donors (Lipinski definition) is 3. The quantitative estimate of drug-likeness (QED) is 0.723. The summed E-state index contributed by atoms with van der Waals surface area (Å²) in [6, 6.07) is 11.2. The zero-order valence-electron chi connectivity index (χ0n) is 14.8. The van der Waals surface area contributed by atoms with E-state index in [1.807, 2.05) is 51.1 Å². The molecule has 2 aromatic rings. The fraction of sp³-hybridized carbons (Fsp3) is 0.316. The highest BCUT2D eigenvalue weighted by Gasteiger charge is 2.08. The third kappa shape index (κ3) is 5.60. The first-order valence-electron chi connectivity index (χ1n) is 8.37. The first-order chi connectivity index (χ1) is 12.0. The minimum Gasteiger partial charge on any atom is -0.381 e. The summed E-state index contributed by atoms with van der Waals surface area (Å²) in [7, 11) is 0. The molecule has 25 heavy (non-hydrogen) atoms. The van der Waals surface area contributed by atoms with Crippen LogP contribution in [0.1, 0.15) is 36.8 Å². The Balaban J connectivity index is 1.94. The zero-order valence-corrected chi connectivity index (χ0v) is 14.8. The first-order valence-corrected chi connectivity index (χ1v) is 8.37. The van der Waals surface area contributed by atoms with Gasteiger partial charge in [-0.15, -0.1) is 0 Å². The second kappa shape index (κ2) is 8.82. The number of anilines is 2. The number of amides is 2. The smallest absolute Gasteiger partial charge is 0.269 e. The van der Waals surface area contributed by atoms with Gasteiger partial charge in [0.05, 0.1) is 0 Å². The van der Waals surface area contributed by atoms with Crippen LogP contribution in [-0.4, -0.2) is 23.3 Å². The number of pyridine rings is 1. The monoisotopic (exact) mass is 340 g/mol. The Morgan fingerprint density at radius 1 is 1.08 bits per heavy atom. The lowest BCUT2D eigenvalue weighted by atomic mass is 10.1. The van der Waals surface area contributed by atoms with Crippen LogP contribution < -0.4 is 16.0 Å². The van der Waals surface area contributed by atoms with Crippen molar-refractivity contribution in [3.63, 3.8) is 0 Å². The average molecular weight is 340 g/mol. The van der Waals surface area contributed by atoms with Crippen LogP contribution in [0.25, 0.3) is 0 Å². The highest BCUT2D eigenvalue weighted by Crippen LogP contribution is 2.14. The Morgan fingerprint density at radius 2 is 1.80 bits per heavy atom. The van der Waals surface area contributed by atoms with Crippen molar-refractivity contribution in [3.8, 4) is 0 Å². The molecule has 2 amide bonds. The predicted octanol–water partition coefficient (Wildman–Crippen LogP) is 3.04. The molecule has 0 saturated carbocycles. The van der Waals surface area contributed by atoms with E-state index in [1.54, 1.807) is 12.3 Å². The molecule has 0 fully saturated rings. The van der Waals surface area contributed by atoms with E-state index in [4.69, 9.17) is 0 Å². The van der Waals surface area contributed by atoms with Gasteiger partial charge in [-0.25, -0.2) is 0 Å². The van der Waals surface area contributed by atoms with E-state index in [1.165, 1.54) is 0 Å². The molecule has 0 radical (unpaired) electrons. The Labute approximate surface area is 148 Å². The number of hydrogen-bond acceptors (Lipinski definition) is 4. The summed E-state index contributed by atoms with van der Waals surface area (Å²) in [5, 5.41) is 8.86. The predicted molar refractivity (Wildman–Crippen MR) is 99.5 cm³/mol. The van der Waals surface area contributed by atoms with Gasteiger partial charge in [0.15, 0.2) is 0 Å². The first kappa shape index (κ1) is 18.4. The molecule has 0 aliphatic heterocycles. The molecule has 1 aromatic heterocycles. The topological polar surface area (TPSA) is 83.1 Å². The van der Waals surface area contributed by atoms with E-state index in [0.717, 1.165) is 16.9 Å². The maximum Gasteiger partial charge on any atom is 0.269 e. The number of carbonyl (C=O) groups is 2. The number of nitrogens with zero attached hydrogens (tertiary/aromatic N) is 1. The number of nitrogens with one attached hydrogen (secondary N) is 3. The lowest BCUT2D eigenvalue weighted by Gasteiger charge is -2.10. The summed E-state index contributed by atoms with van der Waals surface area (Å²) in [6.45, 7) is 6.76. The fourth-order valence-electron chi connectivity index (χ4n) is 2.11. The summed E-state index contributed by atoms with van der Waals surface area (Å²) < 4.78 is 0. The Hall–Kier alpha value is -2.89. The summed E-state index contributed by atoms with van der Waals surface area (Å²) in [5.41, 5.74) is 3.07. The van der Waals surface area contributed by atoms with E-state index < -0.39 is 0 Å². The molecule has 6 nitrogen and oxygen atoms in total. The van der Waals surface area contributed by atoms with Gasteiger partial charge < -0.3 is 16.0 Å². The SMILES string of the molecule is CCNC(=O)c1cc(NCc2ccc(NC(=O)C(C)C)cc2)ccn1. The normalized spacial score (nSPS) is 10.4. The largest absolute Gasteiger partial charge is 0.381 e. The van der Waals surface area contributed by atoms with Gasteiger partial charge in [-0.2, -0.15) is 0 Å². The molecule has 0 spiro atoms. The molecule has 3 N–H and O–H groups in total. The average Bonchev–Trinajstić information content (AvgIpc) is 2.61. The lowest BCUT2D eigenvalue weighted by Crippen LogP contribution is -2.23. The fourth-order valence-corrected chi connectivity index (χ4v) is 2.11. The number of benzene rings is 1. The molecule has 2 rings (SSSR count). The molecule has 1 heterocycles. The van der Waals surface area contributed by atoms with Crippen molar-refractivity contribution in [2.24, 2.45) is 5.92 Å². The van der Waals surface area contributed by atoms with Crippen LogP contribution in [0.15, 0.2) is 42.6 Å². The van der Waals surface area contributed by atoms with Crippen LogP contribution in [0.3, 0.4) is 0 Å². The molecule has 0 unspecified atom stereocenters. The van der Waals surface area contributed by atoms with Gasteiger partial charge in [0.1, 0.15) is 5.69 Å². The molecule has 0 atom stereocenters. The van der Waals surface area contributed by atoms with E-state index in [-0.39, 0.29) is 17.7 Å². The van der Waals surface area contributed by atoms with Crippen molar-refractivity contribution in [2.45, 2.75) is 27.3 Å². The Bertz CT molecular complexity index is 726. The Morgan fingerprint density at radius 3 is 2.44 bits per heavy atom. The van der Waals surface area contributed by atoms with Crippen LogP contribution in [0.4, 0.5) is 11.4 Å². The zero-order chi connectivity index (χ0) is 18.2. The van der Waals surface area contributed by atoms with Crippen molar-refractivity contribution >= 4 is 23.2 Å². The minimum atomic E-state index is -0.184. The van der Waals surface area contributed by atoms with E-state index in [9.17, 15) is 9.59 Å². The maximum absolute atomic E-state index is 11.8.